The van der Waals surface area contributed by atoms with E-state index in [1.807, 2.05) is 6.07 Å². The molecule has 1 heterocycles. The number of aliphatic imine (C=N–C) groups is 1. The Morgan fingerprint density at radius 1 is 1.10 bits per heavy atom. The van der Waals surface area contributed by atoms with Crippen molar-refractivity contribution in [1.29, 1.82) is 0 Å². The molecule has 3 aliphatic rings. The van der Waals surface area contributed by atoms with Gasteiger partial charge in [0.2, 0.25) is 0 Å². The van der Waals surface area contributed by atoms with Crippen LogP contribution in [0.15, 0.2) is 53.7 Å². The number of hydrogen-bond acceptors (Lipinski definition) is 4. The summed E-state index contributed by atoms with van der Waals surface area (Å²) in [6.07, 6.45) is 8.89. The molecule has 2 fully saturated rings. The van der Waals surface area contributed by atoms with Gasteiger partial charge < -0.3 is 0 Å². The third kappa shape index (κ3) is 6.73. The van der Waals surface area contributed by atoms with E-state index in [4.69, 9.17) is 4.99 Å². The van der Waals surface area contributed by atoms with Crippen molar-refractivity contribution in [1.82, 2.24) is 0 Å². The average molecular weight is 534 g/mol. The van der Waals surface area contributed by atoms with Crippen LogP contribution in [0.25, 0.3) is 5.57 Å². The van der Waals surface area contributed by atoms with Gasteiger partial charge in [0.05, 0.1) is 11.6 Å². The van der Waals surface area contributed by atoms with E-state index in [-0.39, 0.29) is 42.5 Å². The molecule has 1 aromatic carbocycles. The molecule has 0 N–H and O–H groups in total. The molecule has 4 rings (SSSR count). The number of ketones is 3. The van der Waals surface area contributed by atoms with Crippen molar-refractivity contribution in [3.63, 3.8) is 0 Å². The predicted octanol–water partition coefficient (Wildman–Crippen LogP) is 8.06. The molecule has 0 bridgehead atoms. The van der Waals surface area contributed by atoms with Crippen molar-refractivity contribution >= 4 is 28.6 Å². The second-order valence-electron chi connectivity index (χ2n) is 12.3. The number of Topliss-reactive ketones (excluding diaryl/α,β-unsaturated/α-hetero) is 3. The molecule has 0 aromatic heterocycles. The fourth-order valence-electron chi connectivity index (χ4n) is 6.41. The molecule has 210 valence electrons. The zero-order valence-electron chi connectivity index (χ0n) is 23.9. The third-order valence-corrected chi connectivity index (χ3v) is 9.31. The van der Waals surface area contributed by atoms with E-state index in [1.165, 1.54) is 18.1 Å². The minimum absolute atomic E-state index is 0.0355. The molecule has 5 heteroatoms. The fraction of sp³-hybridized carbons (Fsp3) is 0.588. The third-order valence-electron chi connectivity index (χ3n) is 9.31. The summed E-state index contributed by atoms with van der Waals surface area (Å²) in [6, 6.07) is 10.4. The quantitative estimate of drug-likeness (QED) is 0.202. The second-order valence-corrected chi connectivity index (χ2v) is 12.3. The van der Waals surface area contributed by atoms with Crippen LogP contribution in [0.3, 0.4) is 0 Å². The molecule has 2 unspecified atom stereocenters. The first kappa shape index (κ1) is 29.3. The largest absolute Gasteiger partial charge is 0.299 e. The highest BCUT2D eigenvalue weighted by molar-refractivity contribution is 6.41. The predicted molar refractivity (Wildman–Crippen MR) is 155 cm³/mol. The summed E-state index contributed by atoms with van der Waals surface area (Å²) in [5.74, 6) is -0.559. The number of hydrogen-bond donors (Lipinski definition) is 0. The van der Waals surface area contributed by atoms with Crippen LogP contribution < -0.4 is 0 Å². The van der Waals surface area contributed by atoms with Crippen LogP contribution in [-0.2, 0) is 14.4 Å². The van der Waals surface area contributed by atoms with Crippen LogP contribution >= 0.6 is 0 Å². The van der Waals surface area contributed by atoms with E-state index in [0.717, 1.165) is 37.8 Å². The van der Waals surface area contributed by atoms with Gasteiger partial charge in [0, 0.05) is 29.4 Å². The lowest BCUT2D eigenvalue weighted by molar-refractivity contribution is -0.139. The van der Waals surface area contributed by atoms with E-state index in [0.29, 0.717) is 37.3 Å². The summed E-state index contributed by atoms with van der Waals surface area (Å²) in [7, 11) is 0. The first-order valence-electron chi connectivity index (χ1n) is 14.9. The Labute approximate surface area is 233 Å². The molecule has 2 saturated carbocycles. The van der Waals surface area contributed by atoms with Gasteiger partial charge in [-0.1, -0.05) is 43.3 Å². The Bertz CT molecular complexity index is 1150. The van der Waals surface area contributed by atoms with Crippen LogP contribution in [0.4, 0.5) is 4.39 Å². The molecule has 0 amide bonds. The van der Waals surface area contributed by atoms with Crippen molar-refractivity contribution in [2.24, 2.45) is 28.2 Å². The fourth-order valence-corrected chi connectivity index (χ4v) is 6.41. The number of nitrogens with zero attached hydrogens (tertiary/aromatic N) is 1. The van der Waals surface area contributed by atoms with Gasteiger partial charge >= 0.3 is 0 Å². The Hall–Kier alpha value is -2.69. The topological polar surface area (TPSA) is 63.6 Å². The lowest BCUT2D eigenvalue weighted by Crippen LogP contribution is -2.43. The standard InChI is InChI=1S/C34H44FNO3/c1-5-24-17-18-28(25-11-8-7-9-12-25)30(26-15-16-26)36-31(24)29(38)14-10-13-27(23(3)37)32(39)34(6-2)21-19-33(4,35)20-22-34/h6-9,11-12,24,26-27H,2,5,10,13-22H2,1,3-4H3. The normalized spacial score (nSPS) is 28.3. The van der Waals surface area contributed by atoms with Gasteiger partial charge in [0.25, 0.3) is 0 Å². The van der Waals surface area contributed by atoms with Crippen molar-refractivity contribution in [2.45, 2.75) is 103 Å². The van der Waals surface area contributed by atoms with Crippen LogP contribution in [0.1, 0.15) is 103 Å². The summed E-state index contributed by atoms with van der Waals surface area (Å²) in [5, 5.41) is 0. The number of allylic oxidation sites excluding steroid dienone is 3. The van der Waals surface area contributed by atoms with Crippen LogP contribution in [-0.4, -0.2) is 28.7 Å². The highest BCUT2D eigenvalue weighted by atomic mass is 19.1. The minimum Gasteiger partial charge on any atom is -0.299 e. The van der Waals surface area contributed by atoms with E-state index in [1.54, 1.807) is 13.0 Å². The average Bonchev–Trinajstić information content (AvgIpc) is 3.78. The molecule has 4 nitrogen and oxygen atoms in total. The Morgan fingerprint density at radius 2 is 1.77 bits per heavy atom. The van der Waals surface area contributed by atoms with Crippen molar-refractivity contribution < 1.29 is 18.8 Å². The van der Waals surface area contributed by atoms with Gasteiger partial charge in [-0.2, -0.15) is 0 Å². The maximum Gasteiger partial charge on any atom is 0.177 e. The molecule has 2 aliphatic carbocycles. The number of rotatable bonds is 12. The molecule has 0 radical (unpaired) electrons. The zero-order valence-corrected chi connectivity index (χ0v) is 23.9. The Kier molecular flexibility index (Phi) is 9.18. The monoisotopic (exact) mass is 533 g/mol. The van der Waals surface area contributed by atoms with Crippen LogP contribution in [0.2, 0.25) is 0 Å². The summed E-state index contributed by atoms with van der Waals surface area (Å²) in [5.41, 5.74) is 2.08. The highest BCUT2D eigenvalue weighted by Gasteiger charge is 2.46. The smallest absolute Gasteiger partial charge is 0.177 e. The van der Waals surface area contributed by atoms with Crippen LogP contribution in [0, 0.1) is 23.2 Å². The molecule has 2 atom stereocenters. The molecule has 0 spiro atoms. The first-order valence-corrected chi connectivity index (χ1v) is 14.9. The van der Waals surface area contributed by atoms with Gasteiger partial charge in [0.15, 0.2) is 11.6 Å². The van der Waals surface area contributed by atoms with E-state index >= 15 is 0 Å². The molecule has 1 aromatic rings. The lowest BCUT2D eigenvalue weighted by Gasteiger charge is -2.40. The van der Waals surface area contributed by atoms with Crippen molar-refractivity contribution in [2.75, 3.05) is 0 Å². The maximum absolute atomic E-state index is 14.5. The Balaban J connectivity index is 1.48. The molecule has 39 heavy (non-hydrogen) atoms. The van der Waals surface area contributed by atoms with Gasteiger partial charge in [-0.25, -0.2) is 4.39 Å². The summed E-state index contributed by atoms with van der Waals surface area (Å²) >= 11 is 0. The van der Waals surface area contributed by atoms with E-state index in [9.17, 15) is 18.8 Å². The first-order chi connectivity index (χ1) is 18.6. The summed E-state index contributed by atoms with van der Waals surface area (Å²) in [6.45, 7) is 9.03. The van der Waals surface area contributed by atoms with Gasteiger partial charge in [0.1, 0.15) is 11.5 Å². The van der Waals surface area contributed by atoms with Crippen LogP contribution in [0.5, 0.6) is 0 Å². The number of carbonyl (C=O) groups excluding carboxylic acids is 3. The number of benzene rings is 1. The van der Waals surface area contributed by atoms with Crippen molar-refractivity contribution in [3.05, 3.63) is 54.2 Å². The highest BCUT2D eigenvalue weighted by Crippen LogP contribution is 2.46. The van der Waals surface area contributed by atoms with E-state index < -0.39 is 17.0 Å². The number of carbonyl (C=O) groups is 3. The molecule has 0 saturated heterocycles. The maximum atomic E-state index is 14.5. The number of halogens is 1. The van der Waals surface area contributed by atoms with Gasteiger partial charge in [-0.05, 0) is 95.6 Å². The Morgan fingerprint density at radius 3 is 2.33 bits per heavy atom. The van der Waals surface area contributed by atoms with Gasteiger partial charge in [-0.15, -0.1) is 6.58 Å². The van der Waals surface area contributed by atoms with Crippen molar-refractivity contribution in [3.8, 4) is 0 Å². The SMILES string of the molecule is C=CC1(C(=O)C(CCCC(=O)C2=NC(C3CC3)=C(c3ccccc3)CCC2CC)C(C)=O)CCC(C)(F)CC1. The molecule has 1 aliphatic heterocycles. The molecular weight excluding hydrogens is 489 g/mol. The second kappa shape index (κ2) is 12.2. The molecular formula is C34H44FNO3. The van der Waals surface area contributed by atoms with E-state index in [2.05, 4.69) is 37.8 Å². The summed E-state index contributed by atoms with van der Waals surface area (Å²) in [4.78, 5) is 44.9. The minimum atomic E-state index is -1.28. The lowest BCUT2D eigenvalue weighted by atomic mass is 9.64. The van der Waals surface area contributed by atoms with Gasteiger partial charge in [-0.3, -0.25) is 19.4 Å². The number of alkyl halides is 1. The zero-order chi connectivity index (χ0) is 28.2. The summed E-state index contributed by atoms with van der Waals surface area (Å²) < 4.78 is 14.5.